The fourth-order valence-electron chi connectivity index (χ4n) is 5.72. The van der Waals surface area contributed by atoms with Crippen molar-refractivity contribution in [2.24, 2.45) is 11.8 Å². The molecule has 43 heavy (non-hydrogen) atoms. The van der Waals surface area contributed by atoms with E-state index in [0.717, 1.165) is 16.4 Å². The Morgan fingerprint density at radius 1 is 0.884 bits per heavy atom. The van der Waals surface area contributed by atoms with Crippen LogP contribution in [0.3, 0.4) is 0 Å². The second kappa shape index (κ2) is 13.4. The Morgan fingerprint density at radius 2 is 1.51 bits per heavy atom. The number of nitrogens with one attached hydrogen (secondary N) is 2. The van der Waals surface area contributed by atoms with Gasteiger partial charge in [0.1, 0.15) is 0 Å². The number of carbonyl (C=O) groups is 3. The summed E-state index contributed by atoms with van der Waals surface area (Å²) in [5.41, 5.74) is -0.455. The Hall–Kier alpha value is -4.19. The smallest absolute Gasteiger partial charge is 0.377 e. The number of carbonyl (C=O) groups excluding carboxylic acids is 3. The summed E-state index contributed by atoms with van der Waals surface area (Å²) in [6.07, 6.45) is -1.46. The van der Waals surface area contributed by atoms with E-state index in [4.69, 9.17) is 4.74 Å². The fraction of sp³-hybridized carbons (Fsp3) is 0.419. The van der Waals surface area contributed by atoms with Crippen LogP contribution in [0.25, 0.3) is 5.69 Å². The maximum absolute atomic E-state index is 13.6. The summed E-state index contributed by atoms with van der Waals surface area (Å²) in [7, 11) is 0. The first-order valence-corrected chi connectivity index (χ1v) is 14.4. The maximum Gasteiger partial charge on any atom is 0.435 e. The Kier molecular flexibility index (Phi) is 9.44. The second-order valence-electron chi connectivity index (χ2n) is 10.8. The van der Waals surface area contributed by atoms with Gasteiger partial charge in [0.2, 0.25) is 11.8 Å². The van der Waals surface area contributed by atoms with Crippen molar-refractivity contribution in [2.45, 2.75) is 37.9 Å². The maximum atomic E-state index is 13.6. The molecular formula is C31H34F3N5O4. The molecule has 2 aromatic carbocycles. The first-order chi connectivity index (χ1) is 20.7. The van der Waals surface area contributed by atoms with Gasteiger partial charge in [-0.05, 0) is 43.4 Å². The number of hydrogen-bond acceptors (Lipinski definition) is 5. The SMILES string of the molecule is O=C(NCCNC(=O)C1CCC(C(=O)N2CCOCC2c2ccccc2)CC1)c1cn(-c2ccccc2)nc1C(F)(F)F. The molecule has 1 aromatic heterocycles. The highest BCUT2D eigenvalue weighted by molar-refractivity contribution is 5.95. The third-order valence-electron chi connectivity index (χ3n) is 8.00. The van der Waals surface area contributed by atoms with Crippen LogP contribution in [0.2, 0.25) is 0 Å². The number of rotatable bonds is 8. The predicted octanol–water partition coefficient (Wildman–Crippen LogP) is 4.14. The lowest BCUT2D eigenvalue weighted by Gasteiger charge is -2.39. The number of aromatic nitrogens is 2. The van der Waals surface area contributed by atoms with Crippen molar-refractivity contribution in [3.8, 4) is 5.69 Å². The largest absolute Gasteiger partial charge is 0.435 e. The lowest BCUT2D eigenvalue weighted by atomic mass is 9.80. The van der Waals surface area contributed by atoms with Crippen LogP contribution >= 0.6 is 0 Å². The number of amides is 3. The van der Waals surface area contributed by atoms with E-state index >= 15 is 0 Å². The van der Waals surface area contributed by atoms with E-state index in [0.29, 0.717) is 51.1 Å². The molecule has 1 aliphatic carbocycles. The minimum absolute atomic E-state index is 0.0515. The van der Waals surface area contributed by atoms with Crippen LogP contribution in [0.5, 0.6) is 0 Å². The molecule has 0 bridgehead atoms. The minimum Gasteiger partial charge on any atom is -0.377 e. The summed E-state index contributed by atoms with van der Waals surface area (Å²) >= 11 is 0. The molecule has 2 heterocycles. The van der Waals surface area contributed by atoms with Gasteiger partial charge in [-0.25, -0.2) is 4.68 Å². The van der Waals surface area contributed by atoms with Crippen LogP contribution in [0, 0.1) is 11.8 Å². The molecular weight excluding hydrogens is 563 g/mol. The van der Waals surface area contributed by atoms with Gasteiger partial charge < -0.3 is 20.3 Å². The van der Waals surface area contributed by atoms with Crippen molar-refractivity contribution in [3.05, 3.63) is 83.7 Å². The van der Waals surface area contributed by atoms with Crippen molar-refractivity contribution in [1.29, 1.82) is 0 Å². The molecule has 12 heteroatoms. The van der Waals surface area contributed by atoms with Gasteiger partial charge in [0.25, 0.3) is 5.91 Å². The Morgan fingerprint density at radius 3 is 2.19 bits per heavy atom. The van der Waals surface area contributed by atoms with E-state index in [-0.39, 0.29) is 42.8 Å². The average Bonchev–Trinajstić information content (AvgIpc) is 3.50. The van der Waals surface area contributed by atoms with Gasteiger partial charge in [-0.2, -0.15) is 18.3 Å². The van der Waals surface area contributed by atoms with E-state index in [1.54, 1.807) is 30.3 Å². The average molecular weight is 598 g/mol. The fourth-order valence-corrected chi connectivity index (χ4v) is 5.72. The van der Waals surface area contributed by atoms with Crippen LogP contribution in [-0.2, 0) is 20.5 Å². The summed E-state index contributed by atoms with van der Waals surface area (Å²) in [6.45, 7) is 1.49. The number of halogens is 3. The van der Waals surface area contributed by atoms with Gasteiger partial charge >= 0.3 is 6.18 Å². The first-order valence-electron chi connectivity index (χ1n) is 14.4. The summed E-state index contributed by atoms with van der Waals surface area (Å²) in [5, 5.41) is 8.79. The number of morpholine rings is 1. The van der Waals surface area contributed by atoms with Crippen molar-refractivity contribution < 1.29 is 32.3 Å². The Balaban J connectivity index is 1.09. The molecule has 1 aliphatic heterocycles. The second-order valence-corrected chi connectivity index (χ2v) is 10.8. The molecule has 9 nitrogen and oxygen atoms in total. The van der Waals surface area contributed by atoms with Gasteiger partial charge in [-0.3, -0.25) is 14.4 Å². The highest BCUT2D eigenvalue weighted by Gasteiger charge is 2.39. The molecule has 5 rings (SSSR count). The number of hydrogen-bond donors (Lipinski definition) is 2. The molecule has 228 valence electrons. The Bertz CT molecular complexity index is 1410. The van der Waals surface area contributed by atoms with Crippen LogP contribution in [0.15, 0.2) is 66.9 Å². The quantitative estimate of drug-likeness (QED) is 0.380. The van der Waals surface area contributed by atoms with Gasteiger partial charge in [-0.1, -0.05) is 48.5 Å². The van der Waals surface area contributed by atoms with Gasteiger partial charge in [-0.15, -0.1) is 0 Å². The molecule has 1 unspecified atom stereocenters. The van der Waals surface area contributed by atoms with E-state index in [9.17, 15) is 27.6 Å². The zero-order valence-electron chi connectivity index (χ0n) is 23.6. The summed E-state index contributed by atoms with van der Waals surface area (Å²) in [6, 6.07) is 17.9. The van der Waals surface area contributed by atoms with E-state index in [1.165, 1.54) is 0 Å². The van der Waals surface area contributed by atoms with Crippen molar-refractivity contribution >= 4 is 17.7 Å². The number of nitrogens with zero attached hydrogens (tertiary/aromatic N) is 3. The summed E-state index contributed by atoms with van der Waals surface area (Å²) < 4.78 is 47.4. The lowest BCUT2D eigenvalue weighted by molar-refractivity contribution is -0.146. The third kappa shape index (κ3) is 7.24. The highest BCUT2D eigenvalue weighted by atomic mass is 19.4. The van der Waals surface area contributed by atoms with Crippen molar-refractivity contribution in [1.82, 2.24) is 25.3 Å². The van der Waals surface area contributed by atoms with Crippen LogP contribution in [0.1, 0.15) is 53.3 Å². The summed E-state index contributed by atoms with van der Waals surface area (Å²) in [4.78, 5) is 40.7. The number of alkyl halides is 3. The van der Waals surface area contributed by atoms with Crippen LogP contribution in [-0.4, -0.2) is 65.2 Å². The molecule has 2 aliphatic rings. The molecule has 1 saturated heterocycles. The molecule has 1 atom stereocenters. The van der Waals surface area contributed by atoms with Crippen LogP contribution in [0.4, 0.5) is 13.2 Å². The molecule has 2 N–H and O–H groups in total. The normalized spacial score (nSPS) is 20.8. The van der Waals surface area contributed by atoms with Crippen molar-refractivity contribution in [2.75, 3.05) is 32.8 Å². The van der Waals surface area contributed by atoms with Crippen LogP contribution < -0.4 is 10.6 Å². The number of para-hydroxylation sites is 1. The van der Waals surface area contributed by atoms with Crippen molar-refractivity contribution in [3.63, 3.8) is 0 Å². The van der Waals surface area contributed by atoms with Gasteiger partial charge in [0.15, 0.2) is 5.69 Å². The van der Waals surface area contributed by atoms with Gasteiger partial charge in [0, 0.05) is 37.7 Å². The van der Waals surface area contributed by atoms with E-state index in [2.05, 4.69) is 15.7 Å². The standard InChI is InChI=1S/C31H34F3N5O4/c32-31(33,34)27-25(19-39(37-27)24-9-5-2-6-10-24)29(41)36-16-15-35-28(40)22-11-13-23(14-12-22)30(42)38-17-18-43-20-26(38)21-7-3-1-4-8-21/h1-10,19,22-23,26H,11-18,20H2,(H,35,40)(H,36,41). The third-order valence-corrected chi connectivity index (χ3v) is 8.00. The molecule has 3 amide bonds. The van der Waals surface area contributed by atoms with E-state index in [1.807, 2.05) is 35.2 Å². The molecule has 0 spiro atoms. The highest BCUT2D eigenvalue weighted by Crippen LogP contribution is 2.34. The summed E-state index contributed by atoms with van der Waals surface area (Å²) in [5.74, 6) is -1.46. The zero-order valence-corrected chi connectivity index (χ0v) is 23.6. The molecule has 2 fully saturated rings. The Labute approximate surface area is 247 Å². The number of benzene rings is 2. The first kappa shape index (κ1) is 30.3. The zero-order chi connectivity index (χ0) is 30.4. The minimum atomic E-state index is -4.81. The molecule has 1 saturated carbocycles. The molecule has 0 radical (unpaired) electrons. The van der Waals surface area contributed by atoms with Gasteiger partial charge in [0.05, 0.1) is 30.5 Å². The number of ether oxygens (including phenoxy) is 1. The van der Waals surface area contributed by atoms with E-state index < -0.39 is 23.3 Å². The predicted molar refractivity (Wildman–Crippen MR) is 151 cm³/mol. The topological polar surface area (TPSA) is 106 Å². The molecule has 3 aromatic rings. The lowest BCUT2D eigenvalue weighted by Crippen LogP contribution is -2.47. The monoisotopic (exact) mass is 597 g/mol.